The van der Waals surface area contributed by atoms with Gasteiger partial charge in [0.2, 0.25) is 5.95 Å². The lowest BCUT2D eigenvalue weighted by atomic mass is 9.96. The van der Waals surface area contributed by atoms with E-state index in [-0.39, 0.29) is 0 Å². The van der Waals surface area contributed by atoms with Gasteiger partial charge in [-0.1, -0.05) is 133 Å². The largest absolute Gasteiger partial charge is 0.308 e. The van der Waals surface area contributed by atoms with Crippen LogP contribution in [0.3, 0.4) is 0 Å². The Bertz CT molecular complexity index is 3020. The molecule has 11 rings (SSSR count). The number of hydrogen-bond donors (Lipinski definition) is 0. The van der Waals surface area contributed by atoms with Gasteiger partial charge >= 0.3 is 0 Å². The quantitative estimate of drug-likeness (QED) is 0.193. The lowest BCUT2D eigenvalue weighted by Crippen LogP contribution is -2.03. The van der Waals surface area contributed by atoms with E-state index in [1.165, 1.54) is 60.0 Å². The minimum Gasteiger partial charge on any atom is -0.308 e. The van der Waals surface area contributed by atoms with Gasteiger partial charge in [-0.25, -0.2) is 9.97 Å². The van der Waals surface area contributed by atoms with Gasteiger partial charge in [0.15, 0.2) is 0 Å². The summed E-state index contributed by atoms with van der Waals surface area (Å²) in [6, 6.07) is 60.5. The predicted octanol–water partition coefficient (Wildman–Crippen LogP) is 11.7. The minimum atomic E-state index is 0.655. The van der Waals surface area contributed by atoms with E-state index in [1.807, 2.05) is 12.1 Å². The molecule has 0 atom stereocenters. The highest BCUT2D eigenvalue weighted by Gasteiger charge is 2.22. The van der Waals surface area contributed by atoms with Crippen molar-refractivity contribution in [3.05, 3.63) is 170 Å². The van der Waals surface area contributed by atoms with Gasteiger partial charge in [-0.2, -0.15) is 0 Å². The van der Waals surface area contributed by atoms with Gasteiger partial charge in [0.25, 0.3) is 0 Å². The third-order valence-corrected chi connectivity index (χ3v) is 10.3. The topological polar surface area (TPSA) is 35.1 Å². The van der Waals surface area contributed by atoms with E-state index in [4.69, 9.17) is 9.97 Å². The summed E-state index contributed by atoms with van der Waals surface area (Å²) in [4.78, 5) is 10.4. The van der Waals surface area contributed by atoms with Gasteiger partial charge in [0.1, 0.15) is 0 Å². The molecule has 0 N–H and O–H groups in total. The average molecular weight is 637 g/mol. The van der Waals surface area contributed by atoms with Crippen LogP contribution in [0.1, 0.15) is 0 Å². The molecule has 0 fully saturated rings. The molecule has 0 radical (unpaired) electrons. The SMILES string of the molecule is c1ccc(-c2cc(-c3ccccc3)nc(-n3c4ccccc4c4cc(-c5ccc6c7ccccc7n7c8ccccc8c5c67)ccc43)n2)cc1. The molecule has 0 unspecified atom stereocenters. The molecule has 0 amide bonds. The molecule has 0 bridgehead atoms. The number of benzene rings is 7. The standard InChI is InChI=1S/C46H28N4/c1-3-13-29(14-4-1)38-28-39(30-15-5-2-6-16-30)48-46(47-38)50-41-21-11-8-18-34(41)37-27-31(23-26-43(37)50)32-24-25-35-33-17-7-10-20-40(33)49-42-22-12-9-19-36(42)44(32)45(35)49/h1-28H. The molecular formula is C46H28N4. The van der Waals surface area contributed by atoms with Crippen molar-refractivity contribution in [2.24, 2.45) is 0 Å². The minimum absolute atomic E-state index is 0.655. The maximum Gasteiger partial charge on any atom is 0.235 e. The van der Waals surface area contributed by atoms with Crippen LogP contribution >= 0.6 is 0 Å². The summed E-state index contributed by atoms with van der Waals surface area (Å²) >= 11 is 0. The lowest BCUT2D eigenvalue weighted by molar-refractivity contribution is 0.995. The van der Waals surface area contributed by atoms with E-state index in [0.29, 0.717) is 5.95 Å². The molecule has 4 heteroatoms. The molecule has 11 aromatic rings. The van der Waals surface area contributed by atoms with Crippen LogP contribution in [-0.4, -0.2) is 18.9 Å². The first kappa shape index (κ1) is 27.2. The van der Waals surface area contributed by atoms with E-state index in [2.05, 4.69) is 167 Å². The van der Waals surface area contributed by atoms with Crippen molar-refractivity contribution in [3.8, 4) is 39.6 Å². The maximum atomic E-state index is 5.22. The molecule has 50 heavy (non-hydrogen) atoms. The highest BCUT2D eigenvalue weighted by atomic mass is 15.2. The second kappa shape index (κ2) is 10.4. The molecule has 0 aliphatic carbocycles. The summed E-state index contributed by atoms with van der Waals surface area (Å²) in [5.74, 6) is 0.655. The van der Waals surface area contributed by atoms with Crippen LogP contribution < -0.4 is 0 Å². The number of hydrogen-bond acceptors (Lipinski definition) is 2. The van der Waals surface area contributed by atoms with Crippen LogP contribution in [0.4, 0.5) is 0 Å². The Morgan fingerprint density at radius 1 is 0.360 bits per heavy atom. The molecule has 7 aromatic carbocycles. The van der Waals surface area contributed by atoms with Gasteiger partial charge in [0.05, 0.1) is 39.0 Å². The van der Waals surface area contributed by atoms with Gasteiger partial charge in [-0.05, 0) is 47.5 Å². The smallest absolute Gasteiger partial charge is 0.235 e. The average Bonchev–Trinajstić information content (AvgIpc) is 3.83. The zero-order valence-corrected chi connectivity index (χ0v) is 27.0. The Kier molecular flexibility index (Phi) is 5.63. The monoisotopic (exact) mass is 636 g/mol. The lowest BCUT2D eigenvalue weighted by Gasteiger charge is -2.12. The Hall–Kier alpha value is -6.78. The molecule has 4 nitrogen and oxygen atoms in total. The van der Waals surface area contributed by atoms with Crippen molar-refractivity contribution in [3.63, 3.8) is 0 Å². The first-order valence-electron chi connectivity index (χ1n) is 17.0. The van der Waals surface area contributed by atoms with Crippen LogP contribution in [-0.2, 0) is 0 Å². The third-order valence-electron chi connectivity index (χ3n) is 10.3. The number of para-hydroxylation sites is 3. The van der Waals surface area contributed by atoms with Crippen LogP contribution in [0.5, 0.6) is 0 Å². The first-order valence-corrected chi connectivity index (χ1v) is 17.0. The van der Waals surface area contributed by atoms with E-state index in [9.17, 15) is 0 Å². The fraction of sp³-hybridized carbons (Fsp3) is 0. The van der Waals surface area contributed by atoms with Crippen molar-refractivity contribution in [2.45, 2.75) is 0 Å². The van der Waals surface area contributed by atoms with E-state index < -0.39 is 0 Å². The summed E-state index contributed by atoms with van der Waals surface area (Å²) in [6.07, 6.45) is 0. The molecular weight excluding hydrogens is 609 g/mol. The maximum absolute atomic E-state index is 5.22. The normalized spacial score (nSPS) is 12.0. The van der Waals surface area contributed by atoms with Crippen molar-refractivity contribution in [1.29, 1.82) is 0 Å². The molecule has 0 aliphatic rings. The fourth-order valence-electron chi connectivity index (χ4n) is 8.11. The van der Waals surface area contributed by atoms with Crippen molar-refractivity contribution >= 4 is 59.9 Å². The van der Waals surface area contributed by atoms with Gasteiger partial charge < -0.3 is 4.40 Å². The number of rotatable bonds is 4. The first-order chi connectivity index (χ1) is 24.8. The third kappa shape index (κ3) is 3.81. The van der Waals surface area contributed by atoms with E-state index >= 15 is 0 Å². The van der Waals surface area contributed by atoms with Gasteiger partial charge in [-0.3, -0.25) is 4.57 Å². The van der Waals surface area contributed by atoms with Crippen molar-refractivity contribution in [2.75, 3.05) is 0 Å². The molecule has 232 valence electrons. The Labute approximate surface area is 287 Å². The van der Waals surface area contributed by atoms with Crippen molar-refractivity contribution < 1.29 is 0 Å². The van der Waals surface area contributed by atoms with Crippen LogP contribution in [0.25, 0.3) is 99.5 Å². The zero-order chi connectivity index (χ0) is 32.8. The van der Waals surface area contributed by atoms with Crippen molar-refractivity contribution in [1.82, 2.24) is 18.9 Å². The molecule has 0 saturated heterocycles. The molecule has 0 spiro atoms. The molecule has 4 heterocycles. The Morgan fingerprint density at radius 2 is 0.900 bits per heavy atom. The highest BCUT2D eigenvalue weighted by Crippen LogP contribution is 2.44. The van der Waals surface area contributed by atoms with E-state index in [1.54, 1.807) is 0 Å². The van der Waals surface area contributed by atoms with Gasteiger partial charge in [-0.15, -0.1) is 0 Å². The van der Waals surface area contributed by atoms with Crippen LogP contribution in [0, 0.1) is 0 Å². The Balaban J connectivity index is 1.18. The summed E-state index contributed by atoms with van der Waals surface area (Å²) in [5, 5.41) is 7.49. The number of fused-ring (bicyclic) bond motifs is 9. The summed E-state index contributed by atoms with van der Waals surface area (Å²) in [5.41, 5.74) is 12.2. The molecule has 0 saturated carbocycles. The second-order valence-corrected chi connectivity index (χ2v) is 13.0. The predicted molar refractivity (Wildman–Crippen MR) is 207 cm³/mol. The number of aromatic nitrogens is 4. The molecule has 0 aliphatic heterocycles. The zero-order valence-electron chi connectivity index (χ0n) is 27.0. The summed E-state index contributed by atoms with van der Waals surface area (Å²) in [7, 11) is 0. The van der Waals surface area contributed by atoms with Gasteiger partial charge in [0, 0.05) is 43.4 Å². The summed E-state index contributed by atoms with van der Waals surface area (Å²) in [6.45, 7) is 0. The van der Waals surface area contributed by atoms with Crippen LogP contribution in [0.15, 0.2) is 170 Å². The molecule has 4 aromatic heterocycles. The van der Waals surface area contributed by atoms with Crippen LogP contribution in [0.2, 0.25) is 0 Å². The summed E-state index contributed by atoms with van der Waals surface area (Å²) < 4.78 is 4.67. The number of nitrogens with zero attached hydrogens (tertiary/aromatic N) is 4. The highest BCUT2D eigenvalue weighted by molar-refractivity contribution is 6.27. The fourth-order valence-corrected chi connectivity index (χ4v) is 8.11. The van der Waals surface area contributed by atoms with E-state index in [0.717, 1.165) is 33.5 Å². The second-order valence-electron chi connectivity index (χ2n) is 13.0. The Morgan fingerprint density at radius 3 is 1.58 bits per heavy atom.